The first kappa shape index (κ1) is 15.9. The van der Waals surface area contributed by atoms with Gasteiger partial charge in [-0.05, 0) is 37.1 Å². The Morgan fingerprint density at radius 1 is 1.04 bits per heavy atom. The third-order valence-corrected chi connectivity index (χ3v) is 3.77. The fraction of sp³-hybridized carbons (Fsp3) is 0.211. The Morgan fingerprint density at radius 2 is 1.75 bits per heavy atom. The summed E-state index contributed by atoms with van der Waals surface area (Å²) >= 11 is 0. The molecule has 3 aromatic rings. The highest BCUT2D eigenvalue weighted by atomic mass is 16.5. The lowest BCUT2D eigenvalue weighted by atomic mass is 10.1. The lowest BCUT2D eigenvalue weighted by Gasteiger charge is -2.10. The molecule has 0 spiro atoms. The highest BCUT2D eigenvalue weighted by Crippen LogP contribution is 2.28. The monoisotopic (exact) mass is 326 g/mol. The minimum atomic E-state index is -0.511. The van der Waals surface area contributed by atoms with Crippen LogP contribution in [0.2, 0.25) is 0 Å². The molecule has 2 aromatic carbocycles. The maximum Gasteiger partial charge on any atom is 0.343 e. The number of ether oxygens (including phenoxy) is 2. The minimum Gasteiger partial charge on any atom is -0.507 e. The largest absolute Gasteiger partial charge is 0.507 e. The first-order chi connectivity index (χ1) is 11.7. The summed E-state index contributed by atoms with van der Waals surface area (Å²) in [5.41, 5.74) is 0.148. The van der Waals surface area contributed by atoms with E-state index in [-0.39, 0.29) is 11.3 Å². The molecule has 0 radical (unpaired) electrons. The second-order valence-electron chi connectivity index (χ2n) is 5.32. The Morgan fingerprint density at radius 3 is 2.54 bits per heavy atom. The number of benzene rings is 2. The maximum atomic E-state index is 12.0. The van der Waals surface area contributed by atoms with Crippen molar-refractivity contribution in [1.29, 1.82) is 0 Å². The average Bonchev–Trinajstić information content (AvgIpc) is 2.61. The van der Waals surface area contributed by atoms with E-state index in [9.17, 15) is 9.90 Å². The van der Waals surface area contributed by atoms with Gasteiger partial charge in [0, 0.05) is 0 Å². The van der Waals surface area contributed by atoms with Crippen LogP contribution in [0.15, 0.2) is 57.7 Å². The van der Waals surface area contributed by atoms with Crippen molar-refractivity contribution in [3.8, 4) is 17.2 Å². The van der Waals surface area contributed by atoms with Crippen LogP contribution in [-0.2, 0) is 6.42 Å². The van der Waals surface area contributed by atoms with E-state index < -0.39 is 5.63 Å². The molecule has 0 atom stereocenters. The molecule has 124 valence electrons. The van der Waals surface area contributed by atoms with Gasteiger partial charge in [0.25, 0.3) is 0 Å². The lowest BCUT2D eigenvalue weighted by molar-refractivity contribution is 0.288. The molecule has 0 aliphatic heterocycles. The van der Waals surface area contributed by atoms with Crippen LogP contribution in [-0.4, -0.2) is 18.8 Å². The number of aromatic hydroxyl groups is 1. The zero-order valence-corrected chi connectivity index (χ0v) is 13.3. The summed E-state index contributed by atoms with van der Waals surface area (Å²) in [6.07, 6.45) is 0.933. The molecular formula is C19H18O5. The molecule has 24 heavy (non-hydrogen) atoms. The Balaban J connectivity index is 1.69. The molecule has 1 heterocycles. The molecule has 5 heteroatoms. The first-order valence-electron chi connectivity index (χ1n) is 7.70. The van der Waals surface area contributed by atoms with Crippen LogP contribution in [0, 0.1) is 0 Å². The molecule has 0 fully saturated rings. The summed E-state index contributed by atoms with van der Waals surface area (Å²) in [6.45, 7) is 0.395. The van der Waals surface area contributed by atoms with Crippen LogP contribution in [0.25, 0.3) is 11.0 Å². The number of para-hydroxylation sites is 3. The predicted molar refractivity (Wildman–Crippen MR) is 91.0 cm³/mol. The van der Waals surface area contributed by atoms with Crippen molar-refractivity contribution in [2.75, 3.05) is 13.7 Å². The van der Waals surface area contributed by atoms with E-state index in [1.807, 2.05) is 24.3 Å². The van der Waals surface area contributed by atoms with Gasteiger partial charge in [0.15, 0.2) is 11.5 Å². The summed E-state index contributed by atoms with van der Waals surface area (Å²) in [6, 6.07) is 14.3. The standard InChI is InChI=1S/C19H18O5/c1-22-16-10-4-5-11-17(16)23-12-6-8-14-18(20)13-7-2-3-9-15(13)24-19(14)21/h2-5,7,9-11,20H,6,8,12H2,1H3. The first-order valence-corrected chi connectivity index (χ1v) is 7.70. The van der Waals surface area contributed by atoms with E-state index in [2.05, 4.69) is 0 Å². The molecule has 0 unspecified atom stereocenters. The Hall–Kier alpha value is -2.95. The molecule has 1 N–H and O–H groups in total. The fourth-order valence-electron chi connectivity index (χ4n) is 2.56. The Kier molecular flexibility index (Phi) is 4.70. The smallest absolute Gasteiger partial charge is 0.343 e. The summed E-state index contributed by atoms with van der Waals surface area (Å²) in [7, 11) is 1.58. The van der Waals surface area contributed by atoms with Crippen LogP contribution >= 0.6 is 0 Å². The van der Waals surface area contributed by atoms with E-state index in [1.54, 1.807) is 31.4 Å². The molecule has 0 bridgehead atoms. The molecule has 1 aromatic heterocycles. The summed E-state index contributed by atoms with van der Waals surface area (Å²) in [5, 5.41) is 10.8. The minimum absolute atomic E-state index is 0.0147. The van der Waals surface area contributed by atoms with Crippen molar-refractivity contribution in [1.82, 2.24) is 0 Å². The van der Waals surface area contributed by atoms with E-state index in [0.717, 1.165) is 0 Å². The van der Waals surface area contributed by atoms with Gasteiger partial charge in [-0.3, -0.25) is 0 Å². The van der Waals surface area contributed by atoms with Crippen LogP contribution in [0.4, 0.5) is 0 Å². The topological polar surface area (TPSA) is 68.9 Å². The zero-order chi connectivity index (χ0) is 16.9. The van der Waals surface area contributed by atoms with Crippen LogP contribution in [0.1, 0.15) is 12.0 Å². The van der Waals surface area contributed by atoms with Gasteiger partial charge in [0.1, 0.15) is 11.3 Å². The molecule has 0 aliphatic carbocycles. The summed E-state index contributed by atoms with van der Waals surface area (Å²) < 4.78 is 16.1. The SMILES string of the molecule is COc1ccccc1OCCCc1c(O)c2ccccc2oc1=O. The van der Waals surface area contributed by atoms with Gasteiger partial charge in [-0.1, -0.05) is 24.3 Å². The van der Waals surface area contributed by atoms with E-state index in [0.29, 0.717) is 41.9 Å². The van der Waals surface area contributed by atoms with Crippen molar-refractivity contribution in [3.05, 3.63) is 64.5 Å². The van der Waals surface area contributed by atoms with E-state index in [4.69, 9.17) is 13.9 Å². The number of hydrogen-bond donors (Lipinski definition) is 1. The second kappa shape index (κ2) is 7.08. The highest BCUT2D eigenvalue weighted by molar-refractivity contribution is 5.83. The molecule has 0 saturated heterocycles. The summed E-state index contributed by atoms with van der Waals surface area (Å²) in [4.78, 5) is 12.0. The lowest BCUT2D eigenvalue weighted by Crippen LogP contribution is -2.10. The van der Waals surface area contributed by atoms with Crippen molar-refractivity contribution in [2.45, 2.75) is 12.8 Å². The molecular weight excluding hydrogens is 308 g/mol. The number of methoxy groups -OCH3 is 1. The molecule has 0 aliphatic rings. The number of rotatable bonds is 6. The maximum absolute atomic E-state index is 12.0. The average molecular weight is 326 g/mol. The normalized spacial score (nSPS) is 10.7. The van der Waals surface area contributed by atoms with Gasteiger partial charge >= 0.3 is 5.63 Å². The van der Waals surface area contributed by atoms with Crippen molar-refractivity contribution >= 4 is 11.0 Å². The molecule has 5 nitrogen and oxygen atoms in total. The third-order valence-electron chi connectivity index (χ3n) is 3.77. The highest BCUT2D eigenvalue weighted by Gasteiger charge is 2.13. The van der Waals surface area contributed by atoms with Gasteiger partial charge in [0.05, 0.1) is 24.7 Å². The van der Waals surface area contributed by atoms with Gasteiger partial charge in [-0.2, -0.15) is 0 Å². The van der Waals surface area contributed by atoms with Gasteiger partial charge in [0.2, 0.25) is 0 Å². The van der Waals surface area contributed by atoms with Crippen molar-refractivity contribution in [2.24, 2.45) is 0 Å². The quantitative estimate of drug-likeness (QED) is 0.554. The van der Waals surface area contributed by atoms with Crippen LogP contribution in [0.5, 0.6) is 17.2 Å². The molecule has 0 amide bonds. The van der Waals surface area contributed by atoms with E-state index in [1.165, 1.54) is 0 Å². The summed E-state index contributed by atoms with van der Waals surface area (Å²) in [5.74, 6) is 1.29. The van der Waals surface area contributed by atoms with Crippen molar-refractivity contribution in [3.63, 3.8) is 0 Å². The van der Waals surface area contributed by atoms with Crippen LogP contribution in [0.3, 0.4) is 0 Å². The second-order valence-corrected chi connectivity index (χ2v) is 5.32. The molecule has 0 saturated carbocycles. The fourth-order valence-corrected chi connectivity index (χ4v) is 2.56. The van der Waals surface area contributed by atoms with E-state index >= 15 is 0 Å². The number of hydrogen-bond acceptors (Lipinski definition) is 5. The Bertz CT molecular complexity index is 898. The Labute approximate surface area is 139 Å². The van der Waals surface area contributed by atoms with Crippen molar-refractivity contribution < 1.29 is 19.0 Å². The zero-order valence-electron chi connectivity index (χ0n) is 13.3. The molecule has 3 rings (SSSR count). The number of fused-ring (bicyclic) bond motifs is 1. The van der Waals surface area contributed by atoms with Gasteiger partial charge < -0.3 is 19.0 Å². The predicted octanol–water partition coefficient (Wildman–Crippen LogP) is 3.52. The van der Waals surface area contributed by atoms with Gasteiger partial charge in [-0.15, -0.1) is 0 Å². The van der Waals surface area contributed by atoms with Gasteiger partial charge in [-0.25, -0.2) is 4.79 Å². The van der Waals surface area contributed by atoms with Crippen LogP contribution < -0.4 is 15.1 Å². The third kappa shape index (κ3) is 3.20.